The quantitative estimate of drug-likeness (QED) is 0.0489. The molecule has 0 radical (unpaired) electrons. The average molecular weight is 741 g/mol. The van der Waals surface area contributed by atoms with E-state index >= 15 is 0 Å². The molecule has 0 bridgehead atoms. The maximum atomic E-state index is 12.4. The number of rotatable bonds is 42. The van der Waals surface area contributed by atoms with Crippen LogP contribution < -0.4 is 0 Å². The monoisotopic (exact) mass is 741 g/mol. The first-order valence-electron chi connectivity index (χ1n) is 22.6. The second kappa shape index (κ2) is 42.4. The zero-order valence-corrected chi connectivity index (χ0v) is 35.0. The number of hydrogen-bond acceptors (Lipinski definition) is 8. The summed E-state index contributed by atoms with van der Waals surface area (Å²) >= 11 is 0. The molecule has 310 valence electrons. The number of aliphatic hydroxyl groups excluding tert-OH is 1. The topological polar surface area (TPSA) is 88.5 Å². The summed E-state index contributed by atoms with van der Waals surface area (Å²) in [5.41, 5.74) is 0. The fourth-order valence-corrected chi connectivity index (χ4v) is 6.74. The normalized spacial score (nSPS) is 11.5. The van der Waals surface area contributed by atoms with Crippen molar-refractivity contribution in [1.29, 1.82) is 0 Å². The number of nitrogens with zero attached hydrogens (tertiary/aromatic N) is 2. The Morgan fingerprint density at radius 3 is 1.13 bits per heavy atom. The summed E-state index contributed by atoms with van der Waals surface area (Å²) in [5.74, 6) is -0.0431. The zero-order valence-electron chi connectivity index (χ0n) is 35.0. The Labute approximate surface area is 322 Å². The number of aliphatic hydroxyl groups is 1. The lowest BCUT2D eigenvalue weighted by molar-refractivity contribution is -0.144. The van der Waals surface area contributed by atoms with Crippen LogP contribution >= 0.6 is 0 Å². The van der Waals surface area contributed by atoms with E-state index in [1.54, 1.807) is 0 Å². The van der Waals surface area contributed by atoms with Crippen molar-refractivity contribution in [3.05, 3.63) is 0 Å². The van der Waals surface area contributed by atoms with E-state index in [0.717, 1.165) is 110 Å². The van der Waals surface area contributed by atoms with E-state index in [1.807, 2.05) is 0 Å². The number of ether oxygens (including phenoxy) is 3. The molecule has 8 heteroatoms. The van der Waals surface area contributed by atoms with Gasteiger partial charge in [-0.15, -0.1) is 0 Å². The maximum Gasteiger partial charge on any atom is 0.508 e. The number of esters is 1. The van der Waals surface area contributed by atoms with Crippen LogP contribution in [-0.4, -0.2) is 92.7 Å². The molecule has 1 N–H and O–H groups in total. The fraction of sp³-hybridized carbons (Fsp3) is 0.955. The van der Waals surface area contributed by atoms with Crippen molar-refractivity contribution in [2.75, 3.05) is 65.7 Å². The largest absolute Gasteiger partial charge is 0.508 e. The molecule has 8 nitrogen and oxygen atoms in total. The first-order valence-corrected chi connectivity index (χ1v) is 22.6. The minimum atomic E-state index is -0.533. The van der Waals surface area contributed by atoms with Crippen molar-refractivity contribution in [3.63, 3.8) is 0 Å². The van der Waals surface area contributed by atoms with E-state index < -0.39 is 6.16 Å². The lowest BCUT2D eigenvalue weighted by atomic mass is 10.1. The van der Waals surface area contributed by atoms with Crippen molar-refractivity contribution in [2.24, 2.45) is 0 Å². The third-order valence-electron chi connectivity index (χ3n) is 10.2. The first-order chi connectivity index (χ1) is 25.6. The van der Waals surface area contributed by atoms with Crippen LogP contribution in [0, 0.1) is 0 Å². The highest BCUT2D eigenvalue weighted by Gasteiger charge is 2.09. The summed E-state index contributed by atoms with van der Waals surface area (Å²) in [4.78, 5) is 29.0. The Bertz CT molecular complexity index is 724. The van der Waals surface area contributed by atoms with Gasteiger partial charge in [-0.1, -0.05) is 156 Å². The van der Waals surface area contributed by atoms with Gasteiger partial charge in [0.15, 0.2) is 0 Å². The Hall–Kier alpha value is -1.38. The molecule has 0 unspecified atom stereocenters. The molecule has 0 aliphatic heterocycles. The zero-order chi connectivity index (χ0) is 38.0. The molecule has 0 aromatic carbocycles. The van der Waals surface area contributed by atoms with Crippen LogP contribution in [-0.2, 0) is 19.0 Å². The Balaban J connectivity index is 3.88. The lowest BCUT2D eigenvalue weighted by Gasteiger charge is -2.22. The standard InChI is InChI=1S/C44H88N2O6/c1-4-7-10-13-16-23-30-40-51-44(49)52-41-31-24-22-29-34-45(37-39-47)33-26-21-17-18-25-32-43(48)50-42-38-46(35-27-19-14-11-8-5-2)36-28-20-15-12-9-6-3/h47H,4-42H2,1-3H3. The SMILES string of the molecule is CCCCCCCCCOC(=O)OCCCCCCN(CCO)CCCCCCCC(=O)OCCN(CCCCCCCC)CCCCCCCC. The predicted octanol–water partition coefficient (Wildman–Crippen LogP) is 11.7. The van der Waals surface area contributed by atoms with Crippen LogP contribution in [0.3, 0.4) is 0 Å². The van der Waals surface area contributed by atoms with E-state index in [2.05, 4.69) is 30.6 Å². The molecule has 0 amide bonds. The van der Waals surface area contributed by atoms with Crippen molar-refractivity contribution >= 4 is 12.1 Å². The van der Waals surface area contributed by atoms with E-state index in [1.165, 1.54) is 109 Å². The van der Waals surface area contributed by atoms with Crippen LogP contribution in [0.1, 0.15) is 207 Å². The first kappa shape index (κ1) is 50.6. The molecular formula is C44H88N2O6. The molecule has 0 saturated heterocycles. The van der Waals surface area contributed by atoms with E-state index in [0.29, 0.717) is 26.2 Å². The predicted molar refractivity (Wildman–Crippen MR) is 219 cm³/mol. The van der Waals surface area contributed by atoms with Gasteiger partial charge in [0.25, 0.3) is 0 Å². The average Bonchev–Trinajstić information content (AvgIpc) is 3.14. The van der Waals surface area contributed by atoms with Gasteiger partial charge in [-0.05, 0) is 71.1 Å². The summed E-state index contributed by atoms with van der Waals surface area (Å²) in [5, 5.41) is 9.51. The Kier molecular flexibility index (Phi) is 41.2. The van der Waals surface area contributed by atoms with Crippen molar-refractivity contribution < 1.29 is 28.9 Å². The van der Waals surface area contributed by atoms with Crippen molar-refractivity contribution in [1.82, 2.24) is 9.80 Å². The van der Waals surface area contributed by atoms with Gasteiger partial charge in [0, 0.05) is 19.5 Å². The molecule has 52 heavy (non-hydrogen) atoms. The molecule has 0 fully saturated rings. The molecular weight excluding hydrogens is 652 g/mol. The molecule has 0 aliphatic rings. The van der Waals surface area contributed by atoms with Crippen molar-refractivity contribution in [3.8, 4) is 0 Å². The summed E-state index contributed by atoms with van der Waals surface area (Å²) < 4.78 is 16.0. The second-order valence-corrected chi connectivity index (χ2v) is 15.2. The lowest BCUT2D eigenvalue weighted by Crippen LogP contribution is -2.30. The second-order valence-electron chi connectivity index (χ2n) is 15.2. The number of carbonyl (C=O) groups is 2. The van der Waals surface area contributed by atoms with Gasteiger partial charge >= 0.3 is 12.1 Å². The minimum Gasteiger partial charge on any atom is -0.464 e. The van der Waals surface area contributed by atoms with Crippen LogP contribution in [0.25, 0.3) is 0 Å². The van der Waals surface area contributed by atoms with Gasteiger partial charge in [-0.2, -0.15) is 0 Å². The third kappa shape index (κ3) is 38.3. The highest BCUT2D eigenvalue weighted by atomic mass is 16.7. The summed E-state index contributed by atoms with van der Waals surface area (Å²) in [6, 6.07) is 0. The van der Waals surface area contributed by atoms with Gasteiger partial charge in [0.1, 0.15) is 6.61 Å². The highest BCUT2D eigenvalue weighted by Crippen LogP contribution is 2.12. The molecule has 0 atom stereocenters. The Morgan fingerprint density at radius 1 is 0.385 bits per heavy atom. The summed E-state index contributed by atoms with van der Waals surface area (Å²) in [7, 11) is 0. The third-order valence-corrected chi connectivity index (χ3v) is 10.2. The van der Waals surface area contributed by atoms with Crippen LogP contribution in [0.2, 0.25) is 0 Å². The number of unbranched alkanes of at least 4 members (excludes halogenated alkanes) is 23. The molecule has 0 aromatic rings. The molecule has 0 heterocycles. The molecule has 0 aromatic heterocycles. The van der Waals surface area contributed by atoms with Crippen LogP contribution in [0.4, 0.5) is 4.79 Å². The van der Waals surface area contributed by atoms with Gasteiger partial charge in [-0.25, -0.2) is 4.79 Å². The van der Waals surface area contributed by atoms with Gasteiger partial charge in [-0.3, -0.25) is 9.69 Å². The molecule has 0 spiro atoms. The van der Waals surface area contributed by atoms with Crippen molar-refractivity contribution in [2.45, 2.75) is 207 Å². The minimum absolute atomic E-state index is 0.0431. The van der Waals surface area contributed by atoms with Crippen LogP contribution in [0.15, 0.2) is 0 Å². The van der Waals surface area contributed by atoms with E-state index in [9.17, 15) is 14.7 Å². The van der Waals surface area contributed by atoms with Gasteiger partial charge < -0.3 is 24.2 Å². The fourth-order valence-electron chi connectivity index (χ4n) is 6.74. The maximum absolute atomic E-state index is 12.4. The van der Waals surface area contributed by atoms with E-state index in [4.69, 9.17) is 14.2 Å². The van der Waals surface area contributed by atoms with Gasteiger partial charge in [0.2, 0.25) is 0 Å². The molecule has 0 aliphatic carbocycles. The molecule has 0 rings (SSSR count). The summed E-state index contributed by atoms with van der Waals surface area (Å²) in [6.45, 7) is 14.2. The number of carbonyl (C=O) groups excluding carboxylic acids is 2. The molecule has 0 saturated carbocycles. The van der Waals surface area contributed by atoms with E-state index in [-0.39, 0.29) is 12.6 Å². The van der Waals surface area contributed by atoms with Crippen LogP contribution in [0.5, 0.6) is 0 Å². The Morgan fingerprint density at radius 2 is 0.731 bits per heavy atom. The summed E-state index contributed by atoms with van der Waals surface area (Å²) in [6.07, 6.45) is 33.6. The highest BCUT2D eigenvalue weighted by molar-refractivity contribution is 5.69. The smallest absolute Gasteiger partial charge is 0.464 e. The number of hydrogen-bond donors (Lipinski definition) is 1. The van der Waals surface area contributed by atoms with Gasteiger partial charge in [0.05, 0.1) is 19.8 Å².